The van der Waals surface area contributed by atoms with Crippen LogP contribution in [0.25, 0.3) is 11.0 Å². The van der Waals surface area contributed by atoms with E-state index in [0.717, 1.165) is 5.56 Å². The Bertz CT molecular complexity index is 1920. The predicted octanol–water partition coefficient (Wildman–Crippen LogP) is 4.41. The lowest BCUT2D eigenvalue weighted by atomic mass is 10.1. The van der Waals surface area contributed by atoms with Crippen molar-refractivity contribution in [2.45, 2.75) is 30.7 Å². The number of aromatic nitrogens is 3. The SMILES string of the molecule is Cc1cc(=O)oc2cc(O[C@H]3SC[C@@H](OC(=O)c4cccnc4)[C@H](OC(=O)c4cccnc4)[C@H]3OC(=O)c3cccnc3)ccc12. The summed E-state index contributed by atoms with van der Waals surface area (Å²) in [5, 5.41) is 0.716. The number of hydrogen-bond acceptors (Lipinski definition) is 13. The van der Waals surface area contributed by atoms with E-state index in [2.05, 4.69) is 15.0 Å². The summed E-state index contributed by atoms with van der Waals surface area (Å²) in [6.45, 7) is 1.79. The molecule has 232 valence electrons. The lowest BCUT2D eigenvalue weighted by Gasteiger charge is -2.40. The minimum atomic E-state index is -1.32. The van der Waals surface area contributed by atoms with Gasteiger partial charge >= 0.3 is 23.5 Å². The van der Waals surface area contributed by atoms with Crippen LogP contribution in [-0.4, -0.2) is 62.4 Å². The smallest absolute Gasteiger partial charge is 0.340 e. The van der Waals surface area contributed by atoms with E-state index in [-0.39, 0.29) is 22.4 Å². The highest BCUT2D eigenvalue weighted by Gasteiger charge is 2.49. The second kappa shape index (κ2) is 13.6. The van der Waals surface area contributed by atoms with Gasteiger partial charge in [-0.2, -0.15) is 0 Å². The van der Waals surface area contributed by atoms with E-state index in [9.17, 15) is 19.2 Å². The number of ether oxygens (including phenoxy) is 4. The zero-order valence-corrected chi connectivity index (χ0v) is 25.0. The molecule has 0 radical (unpaired) electrons. The van der Waals surface area contributed by atoms with Crippen molar-refractivity contribution in [2.75, 3.05) is 5.75 Å². The summed E-state index contributed by atoms with van der Waals surface area (Å²) < 4.78 is 29.4. The molecule has 0 spiro atoms. The Kier molecular flexibility index (Phi) is 9.01. The number of esters is 3. The molecule has 1 fully saturated rings. The Morgan fingerprint density at radius 1 is 0.761 bits per heavy atom. The van der Waals surface area contributed by atoms with Crippen molar-refractivity contribution in [1.29, 1.82) is 0 Å². The van der Waals surface area contributed by atoms with Gasteiger partial charge in [0.25, 0.3) is 0 Å². The van der Waals surface area contributed by atoms with Crippen LogP contribution in [0.3, 0.4) is 0 Å². The molecule has 12 nitrogen and oxygen atoms in total. The molecular formula is C33H25N3O9S. The van der Waals surface area contributed by atoms with Crippen LogP contribution in [0.15, 0.2) is 107 Å². The summed E-state index contributed by atoms with van der Waals surface area (Å²) in [6.07, 6.45) is 4.85. The lowest BCUT2D eigenvalue weighted by molar-refractivity contribution is -0.101. The predicted molar refractivity (Wildman–Crippen MR) is 164 cm³/mol. The zero-order chi connectivity index (χ0) is 32.0. The minimum Gasteiger partial charge on any atom is -0.476 e. The molecule has 1 aromatic carbocycles. The van der Waals surface area contributed by atoms with E-state index in [4.69, 9.17) is 23.4 Å². The highest BCUT2D eigenvalue weighted by molar-refractivity contribution is 7.99. The van der Waals surface area contributed by atoms with Crippen LogP contribution in [0.1, 0.15) is 36.6 Å². The number of fused-ring (bicyclic) bond motifs is 1. The van der Waals surface area contributed by atoms with Gasteiger partial charge in [-0.1, -0.05) is 0 Å². The molecule has 0 saturated carbocycles. The third-order valence-corrected chi connectivity index (χ3v) is 8.21. The standard InChI is InChI=1S/C33H25N3O9S/c1-19-13-27(37)42-25-14-23(8-9-24(19)25)41-33-29(45-32(40)22-7-4-12-36-17-22)28(44-31(39)21-6-3-11-35-16-21)26(18-46-33)43-30(38)20-5-2-10-34-15-20/h2-17,26,28-29,33H,18H2,1H3/t26-,28+,29-,33+/m1/s1. The van der Waals surface area contributed by atoms with Gasteiger partial charge in [-0.3, -0.25) is 15.0 Å². The van der Waals surface area contributed by atoms with Crippen LogP contribution in [0.4, 0.5) is 0 Å². The summed E-state index contributed by atoms with van der Waals surface area (Å²) in [4.78, 5) is 63.8. The summed E-state index contributed by atoms with van der Waals surface area (Å²) in [5.74, 6) is -1.86. The van der Waals surface area contributed by atoms with Crippen LogP contribution >= 0.6 is 11.8 Å². The van der Waals surface area contributed by atoms with Gasteiger partial charge in [-0.05, 0) is 61.0 Å². The molecule has 4 atom stereocenters. The lowest BCUT2D eigenvalue weighted by Crippen LogP contribution is -2.56. The first kappa shape index (κ1) is 30.5. The number of benzene rings is 1. The van der Waals surface area contributed by atoms with Crippen molar-refractivity contribution in [1.82, 2.24) is 15.0 Å². The summed E-state index contributed by atoms with van der Waals surface area (Å²) in [5.41, 5.74) is 0.00506. The maximum absolute atomic E-state index is 13.4. The monoisotopic (exact) mass is 639 g/mol. The highest BCUT2D eigenvalue weighted by atomic mass is 32.2. The Labute approximate surface area is 265 Å². The van der Waals surface area contributed by atoms with Crippen molar-refractivity contribution in [3.63, 3.8) is 0 Å². The second-order valence-corrected chi connectivity index (χ2v) is 11.3. The van der Waals surface area contributed by atoms with Crippen molar-refractivity contribution < 1.29 is 37.7 Å². The van der Waals surface area contributed by atoms with Gasteiger partial charge in [0, 0.05) is 60.5 Å². The maximum atomic E-state index is 13.4. The van der Waals surface area contributed by atoms with Crippen LogP contribution in [0.5, 0.6) is 5.75 Å². The van der Waals surface area contributed by atoms with E-state index in [1.54, 1.807) is 43.3 Å². The normalized spacial score (nSPS) is 19.2. The van der Waals surface area contributed by atoms with Gasteiger partial charge in [-0.15, -0.1) is 11.8 Å². The second-order valence-electron chi connectivity index (χ2n) is 10.1. The number of hydrogen-bond donors (Lipinski definition) is 0. The van der Waals surface area contributed by atoms with E-state index in [0.29, 0.717) is 16.7 Å². The van der Waals surface area contributed by atoms with Crippen LogP contribution in [0, 0.1) is 6.92 Å². The molecule has 0 amide bonds. The van der Waals surface area contributed by atoms with E-state index in [1.165, 1.54) is 73.2 Å². The number of pyridine rings is 3. The Morgan fingerprint density at radius 3 is 1.89 bits per heavy atom. The third kappa shape index (κ3) is 6.89. The first-order chi connectivity index (χ1) is 22.4. The van der Waals surface area contributed by atoms with Crippen LogP contribution in [0.2, 0.25) is 0 Å². The molecule has 0 N–H and O–H groups in total. The molecule has 0 bridgehead atoms. The molecule has 46 heavy (non-hydrogen) atoms. The minimum absolute atomic E-state index is 0.102. The fourth-order valence-electron chi connectivity index (χ4n) is 4.77. The van der Waals surface area contributed by atoms with Crippen molar-refractivity contribution in [3.05, 3.63) is 131 Å². The number of thioether (sulfide) groups is 1. The van der Waals surface area contributed by atoms with Gasteiger partial charge in [0.2, 0.25) is 0 Å². The first-order valence-electron chi connectivity index (χ1n) is 14.0. The summed E-state index contributed by atoms with van der Waals surface area (Å²) in [6, 6.07) is 15.7. The molecule has 1 aliphatic rings. The molecule has 5 heterocycles. The number of rotatable bonds is 8. The zero-order valence-electron chi connectivity index (χ0n) is 24.2. The fraction of sp³-hybridized carbons (Fsp3) is 0.182. The van der Waals surface area contributed by atoms with Crippen molar-refractivity contribution >= 4 is 40.6 Å². The highest BCUT2D eigenvalue weighted by Crippen LogP contribution is 2.36. The molecule has 13 heteroatoms. The Morgan fingerprint density at radius 2 is 1.33 bits per heavy atom. The van der Waals surface area contributed by atoms with Gasteiger partial charge < -0.3 is 23.4 Å². The van der Waals surface area contributed by atoms with E-state index >= 15 is 0 Å². The van der Waals surface area contributed by atoms with Crippen LogP contribution in [-0.2, 0) is 14.2 Å². The Hall–Kier alpha value is -5.56. The first-order valence-corrected chi connectivity index (χ1v) is 15.1. The summed E-state index contributed by atoms with van der Waals surface area (Å²) in [7, 11) is 0. The summed E-state index contributed by atoms with van der Waals surface area (Å²) >= 11 is 1.18. The van der Waals surface area contributed by atoms with Crippen molar-refractivity contribution in [2.24, 2.45) is 0 Å². The molecule has 0 aliphatic carbocycles. The average Bonchev–Trinajstić information content (AvgIpc) is 3.08. The molecular weight excluding hydrogens is 614 g/mol. The molecule has 0 unspecified atom stereocenters. The number of nitrogens with zero attached hydrogens (tertiary/aromatic N) is 3. The number of carbonyl (C=O) groups excluding carboxylic acids is 3. The average molecular weight is 640 g/mol. The Balaban J connectivity index is 1.36. The van der Waals surface area contributed by atoms with Gasteiger partial charge in [0.05, 0.1) is 16.7 Å². The van der Waals surface area contributed by atoms with E-state index < -0.39 is 47.3 Å². The molecule has 1 aliphatic heterocycles. The quantitative estimate of drug-likeness (QED) is 0.134. The third-order valence-electron chi connectivity index (χ3n) is 6.99. The molecule has 5 aromatic rings. The maximum Gasteiger partial charge on any atom is 0.340 e. The van der Waals surface area contributed by atoms with Gasteiger partial charge in [0.15, 0.2) is 23.7 Å². The van der Waals surface area contributed by atoms with Gasteiger partial charge in [-0.25, -0.2) is 19.2 Å². The molecule has 6 rings (SSSR count). The number of aryl methyl sites for hydroxylation is 1. The fourth-order valence-corrected chi connectivity index (χ4v) is 5.98. The van der Waals surface area contributed by atoms with Crippen LogP contribution < -0.4 is 10.4 Å². The number of carbonyl (C=O) groups is 3. The molecule has 1 saturated heterocycles. The van der Waals surface area contributed by atoms with Crippen molar-refractivity contribution in [3.8, 4) is 5.75 Å². The van der Waals surface area contributed by atoms with E-state index in [1.807, 2.05) is 0 Å². The topological polar surface area (TPSA) is 157 Å². The molecule has 4 aromatic heterocycles. The van der Waals surface area contributed by atoms with Gasteiger partial charge in [0.1, 0.15) is 11.3 Å². The largest absolute Gasteiger partial charge is 0.476 e.